The van der Waals surface area contributed by atoms with E-state index in [9.17, 15) is 0 Å². The van der Waals surface area contributed by atoms with Crippen LogP contribution < -0.4 is 0 Å². The van der Waals surface area contributed by atoms with Gasteiger partial charge >= 0.3 is 0 Å². The minimum absolute atomic E-state index is 0. The van der Waals surface area contributed by atoms with E-state index >= 15 is 0 Å². The molecule has 16 heavy (non-hydrogen) atoms. The first-order valence-electron chi connectivity index (χ1n) is 5.19. The normalized spacial score (nSPS) is 12.3. The van der Waals surface area contributed by atoms with Crippen molar-refractivity contribution in [1.29, 1.82) is 0 Å². The van der Waals surface area contributed by atoms with Crippen LogP contribution in [0.4, 0.5) is 0 Å². The van der Waals surface area contributed by atoms with E-state index in [4.69, 9.17) is 0 Å². The summed E-state index contributed by atoms with van der Waals surface area (Å²) in [6.45, 7) is 2.20. The van der Waals surface area contributed by atoms with Crippen LogP contribution in [0.5, 0.6) is 0 Å². The van der Waals surface area contributed by atoms with Crippen molar-refractivity contribution in [3.8, 4) is 0 Å². The summed E-state index contributed by atoms with van der Waals surface area (Å²) < 4.78 is 0. The zero-order valence-corrected chi connectivity index (χ0v) is 10.7. The first kappa shape index (κ1) is 11.8. The molecule has 0 amide bonds. The van der Waals surface area contributed by atoms with Crippen molar-refractivity contribution in [1.82, 2.24) is 0 Å². The van der Waals surface area contributed by atoms with Crippen molar-refractivity contribution in [3.05, 3.63) is 59.2 Å². The van der Waals surface area contributed by atoms with Gasteiger partial charge in [-0.25, -0.2) is 0 Å². The van der Waals surface area contributed by atoms with Crippen molar-refractivity contribution < 1.29 is 17.1 Å². The van der Waals surface area contributed by atoms with Gasteiger partial charge in [0, 0.05) is 26.9 Å². The molecule has 0 bridgehead atoms. The second-order valence-electron chi connectivity index (χ2n) is 3.94. The van der Waals surface area contributed by atoms with Crippen LogP contribution >= 0.6 is 11.8 Å². The molecular weight excluding hydrogens is 264 g/mol. The van der Waals surface area contributed by atoms with E-state index in [0.29, 0.717) is 0 Å². The van der Waals surface area contributed by atoms with E-state index < -0.39 is 0 Å². The predicted octanol–water partition coefficient (Wildman–Crippen LogP) is 4.05. The average molecular weight is 276 g/mol. The zero-order chi connectivity index (χ0) is 10.3. The molecule has 1 aliphatic rings. The fraction of sp³-hybridized carbons (Fsp3) is 0.143. The molecule has 0 aliphatic carbocycles. The smallest absolute Gasteiger partial charge is 0.0160 e. The third-order valence-electron chi connectivity index (χ3n) is 2.93. The summed E-state index contributed by atoms with van der Waals surface area (Å²) in [6, 6.07) is 15.3. The van der Waals surface area contributed by atoms with Gasteiger partial charge in [-0.15, -0.1) is 0 Å². The monoisotopic (exact) mass is 275 g/mol. The summed E-state index contributed by atoms with van der Waals surface area (Å²) in [7, 11) is 0. The SMILES string of the molecule is Cc1cccc2c1Cc1ccccc1S2.[Cu]. The fourth-order valence-corrected chi connectivity index (χ4v) is 3.21. The number of aryl methyl sites for hydroxylation is 1. The third-order valence-corrected chi connectivity index (χ3v) is 4.15. The second kappa shape index (κ2) is 4.67. The van der Waals surface area contributed by atoms with Crippen molar-refractivity contribution in [2.45, 2.75) is 23.1 Å². The van der Waals surface area contributed by atoms with Gasteiger partial charge < -0.3 is 0 Å². The summed E-state index contributed by atoms with van der Waals surface area (Å²) in [4.78, 5) is 2.84. The van der Waals surface area contributed by atoms with Crippen molar-refractivity contribution >= 4 is 11.8 Å². The maximum absolute atomic E-state index is 2.23. The van der Waals surface area contributed by atoms with Crippen molar-refractivity contribution in [2.75, 3.05) is 0 Å². The quantitative estimate of drug-likeness (QED) is 0.558. The van der Waals surface area contributed by atoms with E-state index in [2.05, 4.69) is 49.4 Å². The molecule has 0 aromatic heterocycles. The Balaban J connectivity index is 0.000000963. The Labute approximate surface area is 111 Å². The van der Waals surface area contributed by atoms with Gasteiger partial charge in [0.25, 0.3) is 0 Å². The van der Waals surface area contributed by atoms with Crippen LogP contribution in [0.15, 0.2) is 52.3 Å². The molecule has 1 aliphatic heterocycles. The Morgan fingerprint density at radius 3 is 2.56 bits per heavy atom. The van der Waals surface area contributed by atoms with Gasteiger partial charge in [0.1, 0.15) is 0 Å². The maximum atomic E-state index is 2.23. The number of fused-ring (bicyclic) bond motifs is 2. The Bertz CT molecular complexity index is 520. The summed E-state index contributed by atoms with van der Waals surface area (Å²) in [5.41, 5.74) is 4.38. The molecule has 0 unspecified atom stereocenters. The molecule has 2 heteroatoms. The molecule has 0 N–H and O–H groups in total. The summed E-state index contributed by atoms with van der Waals surface area (Å²) >= 11 is 1.90. The van der Waals surface area contributed by atoms with Crippen LogP contribution in [-0.4, -0.2) is 0 Å². The second-order valence-corrected chi connectivity index (χ2v) is 5.02. The Morgan fingerprint density at radius 2 is 1.69 bits per heavy atom. The first-order chi connectivity index (χ1) is 7.34. The number of hydrogen-bond acceptors (Lipinski definition) is 1. The molecule has 0 saturated carbocycles. The molecule has 1 radical (unpaired) electrons. The summed E-state index contributed by atoms with van der Waals surface area (Å²) in [5.74, 6) is 0. The van der Waals surface area contributed by atoms with Crippen LogP contribution in [0.2, 0.25) is 0 Å². The van der Waals surface area contributed by atoms with Gasteiger partial charge in [-0.1, -0.05) is 42.1 Å². The van der Waals surface area contributed by atoms with Crippen LogP contribution in [0, 0.1) is 6.92 Å². The first-order valence-corrected chi connectivity index (χ1v) is 6.00. The molecular formula is C14H12CuS. The molecule has 0 spiro atoms. The Kier molecular flexibility index (Phi) is 3.44. The standard InChI is InChI=1S/C14H12S.Cu/c1-10-5-4-8-14-12(10)9-11-6-2-3-7-13(11)15-14;/h2-8H,9H2,1H3;. The zero-order valence-electron chi connectivity index (χ0n) is 8.96. The van der Waals surface area contributed by atoms with Crippen LogP contribution in [0.1, 0.15) is 16.7 Å². The molecule has 2 aromatic rings. The van der Waals surface area contributed by atoms with Crippen LogP contribution in [0.3, 0.4) is 0 Å². The van der Waals surface area contributed by atoms with Crippen LogP contribution in [-0.2, 0) is 23.5 Å². The van der Waals surface area contributed by atoms with Crippen molar-refractivity contribution in [2.24, 2.45) is 0 Å². The fourth-order valence-electron chi connectivity index (χ4n) is 2.06. The number of benzene rings is 2. The van der Waals surface area contributed by atoms with Crippen LogP contribution in [0.25, 0.3) is 0 Å². The average Bonchev–Trinajstić information content (AvgIpc) is 2.27. The number of hydrogen-bond donors (Lipinski definition) is 0. The minimum Gasteiger partial charge on any atom is -0.0895 e. The topological polar surface area (TPSA) is 0 Å². The Morgan fingerprint density at radius 1 is 0.938 bits per heavy atom. The van der Waals surface area contributed by atoms with Gasteiger partial charge in [-0.3, -0.25) is 0 Å². The van der Waals surface area contributed by atoms with Gasteiger partial charge in [0.15, 0.2) is 0 Å². The Hall–Kier alpha value is -0.691. The van der Waals surface area contributed by atoms with E-state index in [0.717, 1.165) is 6.42 Å². The molecule has 0 atom stereocenters. The van der Waals surface area contributed by atoms with Crippen molar-refractivity contribution in [3.63, 3.8) is 0 Å². The van der Waals surface area contributed by atoms with E-state index in [1.165, 1.54) is 26.5 Å². The van der Waals surface area contributed by atoms with Gasteiger partial charge in [-0.05, 0) is 42.2 Å². The van der Waals surface area contributed by atoms with E-state index in [1.807, 2.05) is 11.8 Å². The third kappa shape index (κ3) is 1.93. The molecule has 0 nitrogen and oxygen atoms in total. The summed E-state index contributed by atoms with van der Waals surface area (Å²) in [5, 5.41) is 0. The van der Waals surface area contributed by atoms with Gasteiger partial charge in [-0.2, -0.15) is 0 Å². The largest absolute Gasteiger partial charge is 0.0895 e. The van der Waals surface area contributed by atoms with E-state index in [-0.39, 0.29) is 17.1 Å². The molecule has 0 fully saturated rings. The minimum atomic E-state index is 0. The molecule has 2 aromatic carbocycles. The molecule has 0 saturated heterocycles. The molecule has 3 rings (SSSR count). The van der Waals surface area contributed by atoms with Gasteiger partial charge in [0.2, 0.25) is 0 Å². The molecule has 85 valence electrons. The summed E-state index contributed by atoms with van der Waals surface area (Å²) in [6.07, 6.45) is 1.09. The predicted molar refractivity (Wildman–Crippen MR) is 64.6 cm³/mol. The maximum Gasteiger partial charge on any atom is 0.0160 e. The van der Waals surface area contributed by atoms with E-state index in [1.54, 1.807) is 0 Å². The number of rotatable bonds is 0. The molecule has 1 heterocycles. The van der Waals surface area contributed by atoms with Gasteiger partial charge in [0.05, 0.1) is 0 Å².